The van der Waals surface area contributed by atoms with Crippen LogP contribution >= 0.6 is 15.9 Å². The van der Waals surface area contributed by atoms with Crippen LogP contribution in [0.5, 0.6) is 0 Å². The molecule has 0 unspecified atom stereocenters. The number of halogens is 1. The number of Topliss-reactive ketones (excluding diaryl/α,β-unsaturated/α-hetero) is 1. The van der Waals surface area contributed by atoms with Gasteiger partial charge in [0, 0.05) is 11.3 Å². The molecule has 5 heteroatoms. The zero-order chi connectivity index (χ0) is 12.0. The molecule has 1 rings (SSSR count). The molecule has 0 heterocycles. The molecule has 1 aromatic rings. The third kappa shape index (κ3) is 3.48. The molecule has 0 fully saturated rings. The monoisotopic (exact) mass is 280 g/mol. The Kier molecular flexibility index (Phi) is 4.67. The van der Waals surface area contributed by atoms with Crippen molar-refractivity contribution in [2.75, 3.05) is 10.6 Å². The highest BCUT2D eigenvalue weighted by Crippen LogP contribution is 2.11. The molecule has 0 saturated carbocycles. The first-order valence-electron chi connectivity index (χ1n) is 4.53. The Morgan fingerprint density at radius 2 is 1.94 bits per heavy atom. The average molecular weight is 281 g/mol. The number of anilines is 1. The van der Waals surface area contributed by atoms with Gasteiger partial charge in [-0.3, -0.25) is 9.59 Å². The SMILES string of the molecule is N#CCC(=O)Nc1ccc(C(=O)CBr)cc1. The fraction of sp³-hybridized carbons (Fsp3) is 0.182. The normalized spacial score (nSPS) is 9.25. The van der Waals surface area contributed by atoms with Crippen LogP contribution in [0.1, 0.15) is 16.8 Å². The fourth-order valence-electron chi connectivity index (χ4n) is 1.09. The van der Waals surface area contributed by atoms with E-state index in [2.05, 4.69) is 21.2 Å². The Morgan fingerprint density at radius 1 is 1.31 bits per heavy atom. The number of nitriles is 1. The van der Waals surface area contributed by atoms with Crippen molar-refractivity contribution < 1.29 is 9.59 Å². The Bertz CT molecular complexity index is 434. The second kappa shape index (κ2) is 6.03. The van der Waals surface area contributed by atoms with E-state index in [1.807, 2.05) is 0 Å². The van der Waals surface area contributed by atoms with Crippen molar-refractivity contribution in [1.29, 1.82) is 5.26 Å². The summed E-state index contributed by atoms with van der Waals surface area (Å²) in [6.07, 6.45) is -0.178. The van der Waals surface area contributed by atoms with E-state index in [9.17, 15) is 9.59 Å². The molecule has 0 aliphatic heterocycles. The Labute approximate surface area is 101 Å². The van der Waals surface area contributed by atoms with Crippen molar-refractivity contribution in [3.8, 4) is 6.07 Å². The van der Waals surface area contributed by atoms with Crippen molar-refractivity contribution in [3.05, 3.63) is 29.8 Å². The molecule has 0 saturated heterocycles. The molecular weight excluding hydrogens is 272 g/mol. The van der Waals surface area contributed by atoms with Gasteiger partial charge in [-0.25, -0.2) is 0 Å². The number of hydrogen-bond donors (Lipinski definition) is 1. The molecule has 0 radical (unpaired) electrons. The van der Waals surface area contributed by atoms with E-state index in [1.165, 1.54) is 0 Å². The minimum atomic E-state index is -0.359. The van der Waals surface area contributed by atoms with Gasteiger partial charge in [0.2, 0.25) is 5.91 Å². The van der Waals surface area contributed by atoms with Crippen LogP contribution in [0.3, 0.4) is 0 Å². The third-order valence-corrected chi connectivity index (χ3v) is 2.36. The molecule has 1 aromatic carbocycles. The van der Waals surface area contributed by atoms with Crippen molar-refractivity contribution in [3.63, 3.8) is 0 Å². The van der Waals surface area contributed by atoms with Crippen molar-refractivity contribution in [2.45, 2.75) is 6.42 Å². The quantitative estimate of drug-likeness (QED) is 0.678. The lowest BCUT2D eigenvalue weighted by atomic mass is 10.1. The molecule has 82 valence electrons. The van der Waals surface area contributed by atoms with Gasteiger partial charge in [-0.15, -0.1) is 0 Å². The zero-order valence-corrected chi connectivity index (χ0v) is 9.95. The van der Waals surface area contributed by atoms with Crippen molar-refractivity contribution in [1.82, 2.24) is 0 Å². The van der Waals surface area contributed by atoms with Gasteiger partial charge in [-0.2, -0.15) is 5.26 Å². The summed E-state index contributed by atoms with van der Waals surface area (Å²) >= 11 is 3.08. The number of carbonyl (C=O) groups is 2. The molecule has 0 aliphatic carbocycles. The smallest absolute Gasteiger partial charge is 0.238 e. The average Bonchev–Trinajstić information content (AvgIpc) is 2.29. The van der Waals surface area contributed by atoms with Gasteiger partial charge < -0.3 is 5.32 Å². The maximum atomic E-state index is 11.3. The number of nitrogens with zero attached hydrogens (tertiary/aromatic N) is 1. The Morgan fingerprint density at radius 3 is 2.44 bits per heavy atom. The number of hydrogen-bond acceptors (Lipinski definition) is 3. The number of rotatable bonds is 4. The van der Waals surface area contributed by atoms with E-state index in [1.54, 1.807) is 30.3 Å². The predicted octanol–water partition coefficient (Wildman–Crippen LogP) is 2.12. The highest BCUT2D eigenvalue weighted by molar-refractivity contribution is 9.09. The number of amides is 1. The summed E-state index contributed by atoms with van der Waals surface area (Å²) < 4.78 is 0. The van der Waals surface area contributed by atoms with Crippen LogP contribution in [-0.4, -0.2) is 17.0 Å². The number of alkyl halides is 1. The first-order valence-corrected chi connectivity index (χ1v) is 5.65. The summed E-state index contributed by atoms with van der Waals surface area (Å²) in [6, 6.07) is 8.28. The summed E-state index contributed by atoms with van der Waals surface area (Å²) in [5, 5.41) is 11.1. The van der Waals surface area contributed by atoms with Gasteiger partial charge in [0.1, 0.15) is 6.42 Å². The van der Waals surface area contributed by atoms with Gasteiger partial charge >= 0.3 is 0 Å². The predicted molar refractivity (Wildman–Crippen MR) is 63.4 cm³/mol. The summed E-state index contributed by atoms with van der Waals surface area (Å²) in [6.45, 7) is 0. The van der Waals surface area contributed by atoms with E-state index in [0.717, 1.165) is 0 Å². The fourth-order valence-corrected chi connectivity index (χ4v) is 1.42. The van der Waals surface area contributed by atoms with Gasteiger partial charge in [0.25, 0.3) is 0 Å². The third-order valence-electron chi connectivity index (χ3n) is 1.85. The van der Waals surface area contributed by atoms with Gasteiger partial charge in [0.15, 0.2) is 5.78 Å². The van der Waals surface area contributed by atoms with Gasteiger partial charge in [-0.1, -0.05) is 15.9 Å². The van der Waals surface area contributed by atoms with E-state index in [-0.39, 0.29) is 23.4 Å². The van der Waals surface area contributed by atoms with Gasteiger partial charge in [0.05, 0.1) is 11.4 Å². The molecule has 0 aromatic heterocycles. The molecule has 0 aliphatic rings. The highest BCUT2D eigenvalue weighted by atomic mass is 79.9. The summed E-state index contributed by atoms with van der Waals surface area (Å²) in [5.74, 6) is -0.378. The molecular formula is C11H9BrN2O2. The second-order valence-electron chi connectivity index (χ2n) is 3.02. The second-order valence-corrected chi connectivity index (χ2v) is 3.58. The number of nitrogens with one attached hydrogen (secondary N) is 1. The molecule has 16 heavy (non-hydrogen) atoms. The summed E-state index contributed by atoms with van der Waals surface area (Å²) in [5.41, 5.74) is 1.15. The lowest BCUT2D eigenvalue weighted by Gasteiger charge is -2.03. The standard InChI is InChI=1S/C11H9BrN2O2/c12-7-10(15)8-1-3-9(4-2-8)14-11(16)5-6-13/h1-4H,5,7H2,(H,14,16). The van der Waals surface area contributed by atoms with Crippen LogP contribution in [-0.2, 0) is 4.79 Å². The summed E-state index contributed by atoms with van der Waals surface area (Å²) in [4.78, 5) is 22.4. The maximum absolute atomic E-state index is 11.3. The minimum absolute atomic E-state index is 0.0186. The molecule has 1 amide bonds. The minimum Gasteiger partial charge on any atom is -0.325 e. The Hall–Kier alpha value is -1.67. The van der Waals surface area contributed by atoms with Crippen LogP contribution in [0.25, 0.3) is 0 Å². The Balaban J connectivity index is 2.69. The maximum Gasteiger partial charge on any atom is 0.238 e. The topological polar surface area (TPSA) is 70.0 Å². The largest absolute Gasteiger partial charge is 0.325 e. The van der Waals surface area contributed by atoms with E-state index >= 15 is 0 Å². The first kappa shape index (κ1) is 12.4. The molecule has 0 atom stereocenters. The van der Waals surface area contributed by atoms with Crippen LogP contribution < -0.4 is 5.32 Å². The number of ketones is 1. The highest BCUT2D eigenvalue weighted by Gasteiger charge is 2.04. The lowest BCUT2D eigenvalue weighted by molar-refractivity contribution is -0.115. The van der Waals surface area contributed by atoms with Crippen molar-refractivity contribution in [2.24, 2.45) is 0 Å². The number of carbonyl (C=O) groups excluding carboxylic acids is 2. The zero-order valence-electron chi connectivity index (χ0n) is 8.37. The molecule has 0 bridgehead atoms. The first-order chi connectivity index (χ1) is 7.67. The molecule has 4 nitrogen and oxygen atoms in total. The van der Waals surface area contributed by atoms with E-state index in [0.29, 0.717) is 11.3 Å². The number of benzene rings is 1. The van der Waals surface area contributed by atoms with Crippen LogP contribution in [0, 0.1) is 11.3 Å². The van der Waals surface area contributed by atoms with Crippen LogP contribution in [0.4, 0.5) is 5.69 Å². The summed E-state index contributed by atoms with van der Waals surface area (Å²) in [7, 11) is 0. The molecule has 1 N–H and O–H groups in total. The van der Waals surface area contributed by atoms with Gasteiger partial charge in [-0.05, 0) is 24.3 Å². The van der Waals surface area contributed by atoms with E-state index < -0.39 is 0 Å². The van der Waals surface area contributed by atoms with Crippen molar-refractivity contribution >= 4 is 33.3 Å². The van der Waals surface area contributed by atoms with Crippen LogP contribution in [0.15, 0.2) is 24.3 Å². The van der Waals surface area contributed by atoms with E-state index in [4.69, 9.17) is 5.26 Å². The lowest BCUT2D eigenvalue weighted by Crippen LogP contribution is -2.10. The molecule has 0 spiro atoms. The van der Waals surface area contributed by atoms with Crippen LogP contribution in [0.2, 0.25) is 0 Å².